The summed E-state index contributed by atoms with van der Waals surface area (Å²) >= 11 is 0. The van der Waals surface area contributed by atoms with Crippen LogP contribution in [0.2, 0.25) is 0 Å². The number of carbonyl (C=O) groups is 1. The van der Waals surface area contributed by atoms with E-state index in [0.717, 1.165) is 18.6 Å². The van der Waals surface area contributed by atoms with E-state index in [1.165, 1.54) is 18.3 Å². The summed E-state index contributed by atoms with van der Waals surface area (Å²) in [6, 6.07) is 5.78. The number of carbonyl (C=O) groups excluding carboxylic acids is 1. The van der Waals surface area contributed by atoms with Crippen molar-refractivity contribution in [1.29, 1.82) is 0 Å². The van der Waals surface area contributed by atoms with E-state index in [0.29, 0.717) is 0 Å². The maximum Gasteiger partial charge on any atom is 0.416 e. The molecule has 0 fully saturated rings. The average Bonchev–Trinajstić information content (AvgIpc) is 2.62. The molecular formula is C18H14F3N3O. The van der Waals surface area contributed by atoms with Crippen molar-refractivity contribution in [3.8, 4) is 0 Å². The molecule has 1 aromatic heterocycles. The molecule has 1 aliphatic carbocycles. The Balaban J connectivity index is 1.83. The third-order valence-electron chi connectivity index (χ3n) is 3.63. The molecule has 0 bridgehead atoms. The highest BCUT2D eigenvalue weighted by atomic mass is 19.4. The number of nitrogens with zero attached hydrogens (tertiary/aromatic N) is 3. The number of rotatable bonds is 2. The van der Waals surface area contributed by atoms with E-state index in [4.69, 9.17) is 0 Å². The topological polar surface area (TPSA) is 47.2 Å². The van der Waals surface area contributed by atoms with Crippen LogP contribution in [-0.4, -0.2) is 15.7 Å². The van der Waals surface area contributed by atoms with E-state index in [2.05, 4.69) is 10.1 Å². The summed E-state index contributed by atoms with van der Waals surface area (Å²) in [5, 5.41) is 4.47. The highest BCUT2D eigenvalue weighted by molar-refractivity contribution is 5.95. The van der Waals surface area contributed by atoms with Crippen LogP contribution in [0.4, 0.5) is 13.2 Å². The van der Waals surface area contributed by atoms with Crippen LogP contribution >= 0.6 is 0 Å². The van der Waals surface area contributed by atoms with E-state index in [-0.39, 0.29) is 17.0 Å². The quantitative estimate of drug-likeness (QED) is 0.779. The second kappa shape index (κ2) is 6.88. The molecule has 0 saturated carbocycles. The SMILES string of the molecule is O=C(N=c1ccn(C2C=CCC=C2)nc1)c1cccc(C(F)(F)F)c1. The minimum absolute atomic E-state index is 0.00182. The molecule has 0 spiro atoms. The molecule has 4 nitrogen and oxygen atoms in total. The van der Waals surface area contributed by atoms with Crippen molar-refractivity contribution in [1.82, 2.24) is 9.78 Å². The molecule has 25 heavy (non-hydrogen) atoms. The molecule has 2 aromatic rings. The van der Waals surface area contributed by atoms with Crippen molar-refractivity contribution in [3.63, 3.8) is 0 Å². The van der Waals surface area contributed by atoms with Gasteiger partial charge in [-0.3, -0.25) is 9.48 Å². The fraction of sp³-hybridized carbons (Fsp3) is 0.167. The summed E-state index contributed by atoms with van der Waals surface area (Å²) in [7, 11) is 0. The maximum atomic E-state index is 12.7. The van der Waals surface area contributed by atoms with E-state index >= 15 is 0 Å². The molecule has 0 unspecified atom stereocenters. The van der Waals surface area contributed by atoms with Crippen molar-refractivity contribution >= 4 is 5.91 Å². The van der Waals surface area contributed by atoms with Crippen LogP contribution in [-0.2, 0) is 6.18 Å². The summed E-state index contributed by atoms with van der Waals surface area (Å²) < 4.78 is 39.8. The molecule has 1 amide bonds. The van der Waals surface area contributed by atoms with Gasteiger partial charge in [-0.15, -0.1) is 0 Å². The summed E-state index contributed by atoms with van der Waals surface area (Å²) in [5.41, 5.74) is -1.00. The highest BCUT2D eigenvalue weighted by Gasteiger charge is 2.30. The van der Waals surface area contributed by atoms with Crippen LogP contribution in [0.3, 0.4) is 0 Å². The number of hydrogen-bond donors (Lipinski definition) is 0. The Labute approximate surface area is 141 Å². The van der Waals surface area contributed by atoms with Gasteiger partial charge in [-0.1, -0.05) is 30.4 Å². The number of allylic oxidation sites excluding steroid dienone is 4. The van der Waals surface area contributed by atoms with Gasteiger partial charge in [0.25, 0.3) is 5.91 Å². The van der Waals surface area contributed by atoms with E-state index in [1.807, 2.05) is 24.3 Å². The van der Waals surface area contributed by atoms with Crippen molar-refractivity contribution in [3.05, 3.63) is 83.5 Å². The smallest absolute Gasteiger partial charge is 0.267 e. The average molecular weight is 345 g/mol. The minimum atomic E-state index is -4.50. The Kier molecular flexibility index (Phi) is 4.65. The zero-order valence-corrected chi connectivity index (χ0v) is 13.0. The van der Waals surface area contributed by atoms with Crippen molar-refractivity contribution < 1.29 is 18.0 Å². The molecule has 0 saturated heterocycles. The molecule has 0 N–H and O–H groups in total. The summed E-state index contributed by atoms with van der Waals surface area (Å²) in [5.74, 6) is -0.747. The van der Waals surface area contributed by atoms with Crippen LogP contribution in [0, 0.1) is 0 Å². The lowest BCUT2D eigenvalue weighted by Crippen LogP contribution is -2.15. The fourth-order valence-electron chi connectivity index (χ4n) is 2.37. The summed E-state index contributed by atoms with van der Waals surface area (Å²) in [6.07, 6.45) is 7.50. The Bertz CT molecular complexity index is 878. The van der Waals surface area contributed by atoms with Gasteiger partial charge < -0.3 is 0 Å². The second-order valence-corrected chi connectivity index (χ2v) is 5.44. The van der Waals surface area contributed by atoms with Crippen LogP contribution in [0.5, 0.6) is 0 Å². The first kappa shape index (κ1) is 16.9. The molecule has 128 valence electrons. The normalized spacial score (nSPS) is 15.6. The van der Waals surface area contributed by atoms with Gasteiger partial charge in [-0.2, -0.15) is 18.3 Å². The van der Waals surface area contributed by atoms with Crippen LogP contribution in [0.25, 0.3) is 0 Å². The predicted octanol–water partition coefficient (Wildman–Crippen LogP) is 3.70. The Morgan fingerprint density at radius 3 is 2.60 bits per heavy atom. The van der Waals surface area contributed by atoms with Gasteiger partial charge in [0.15, 0.2) is 0 Å². The summed E-state index contributed by atoms with van der Waals surface area (Å²) in [6.45, 7) is 0. The first-order chi connectivity index (χ1) is 11.9. The van der Waals surface area contributed by atoms with Gasteiger partial charge in [0.2, 0.25) is 0 Å². The third-order valence-corrected chi connectivity index (χ3v) is 3.63. The van der Waals surface area contributed by atoms with Crippen LogP contribution in [0.1, 0.15) is 28.4 Å². The van der Waals surface area contributed by atoms with Crippen LogP contribution in [0.15, 0.2) is 72.0 Å². The first-order valence-corrected chi connectivity index (χ1v) is 7.57. The fourth-order valence-corrected chi connectivity index (χ4v) is 2.37. The van der Waals surface area contributed by atoms with Gasteiger partial charge in [0.1, 0.15) is 0 Å². The number of benzene rings is 1. The van der Waals surface area contributed by atoms with E-state index < -0.39 is 17.6 Å². The van der Waals surface area contributed by atoms with Gasteiger partial charge in [0, 0.05) is 11.8 Å². The third kappa shape index (κ3) is 4.12. The van der Waals surface area contributed by atoms with Crippen molar-refractivity contribution in [2.75, 3.05) is 0 Å². The summed E-state index contributed by atoms with van der Waals surface area (Å²) in [4.78, 5) is 15.9. The number of hydrogen-bond acceptors (Lipinski definition) is 2. The first-order valence-electron chi connectivity index (χ1n) is 7.57. The Hall–Kier alpha value is -2.96. The van der Waals surface area contributed by atoms with Gasteiger partial charge in [-0.05, 0) is 30.7 Å². The van der Waals surface area contributed by atoms with Crippen molar-refractivity contribution in [2.45, 2.75) is 18.6 Å². The van der Waals surface area contributed by atoms with Crippen LogP contribution < -0.4 is 5.36 Å². The molecule has 3 rings (SSSR count). The largest absolute Gasteiger partial charge is 0.416 e. The number of amides is 1. The lowest BCUT2D eigenvalue weighted by Gasteiger charge is -2.13. The number of halogens is 3. The lowest BCUT2D eigenvalue weighted by molar-refractivity contribution is -0.137. The molecule has 0 radical (unpaired) electrons. The zero-order chi connectivity index (χ0) is 17.9. The van der Waals surface area contributed by atoms with Gasteiger partial charge in [0.05, 0.1) is 23.2 Å². The Morgan fingerprint density at radius 1 is 1.20 bits per heavy atom. The molecule has 0 atom stereocenters. The van der Waals surface area contributed by atoms with Gasteiger partial charge in [-0.25, -0.2) is 4.99 Å². The van der Waals surface area contributed by atoms with E-state index in [9.17, 15) is 18.0 Å². The van der Waals surface area contributed by atoms with Crippen molar-refractivity contribution in [2.24, 2.45) is 4.99 Å². The number of alkyl halides is 3. The standard InChI is InChI=1S/C18H14F3N3O/c19-18(20,21)14-6-4-5-13(11-14)17(25)23-15-9-10-24(22-12-15)16-7-2-1-3-8-16/h2-12,16H,1H2. The Morgan fingerprint density at radius 2 is 1.96 bits per heavy atom. The lowest BCUT2D eigenvalue weighted by atomic mass is 10.1. The maximum absolute atomic E-state index is 12.7. The second-order valence-electron chi connectivity index (χ2n) is 5.44. The molecule has 7 heteroatoms. The monoisotopic (exact) mass is 345 g/mol. The zero-order valence-electron chi connectivity index (χ0n) is 13.0. The highest BCUT2D eigenvalue weighted by Crippen LogP contribution is 2.29. The minimum Gasteiger partial charge on any atom is -0.267 e. The molecule has 0 aliphatic heterocycles. The number of aromatic nitrogens is 2. The molecule has 1 aliphatic rings. The van der Waals surface area contributed by atoms with E-state index in [1.54, 1.807) is 16.9 Å². The predicted molar refractivity (Wildman–Crippen MR) is 85.5 cm³/mol. The molecule has 1 aromatic carbocycles. The molecule has 1 heterocycles. The molecular weight excluding hydrogens is 331 g/mol. The van der Waals surface area contributed by atoms with Gasteiger partial charge >= 0.3 is 6.18 Å².